The van der Waals surface area contributed by atoms with E-state index in [1.807, 2.05) is 0 Å². The maximum Gasteiger partial charge on any atom is 0.249 e. The molecule has 3 saturated heterocycles. The number of hydrogen-bond acceptors (Lipinski definition) is 20. The maximum atomic E-state index is 13.8. The number of carbonyl (C=O) groups excluding carboxylic acids is 2. The Hall–Kier alpha value is -1.78. The van der Waals surface area contributed by atoms with Gasteiger partial charge in [0.25, 0.3) is 0 Å². The minimum absolute atomic E-state index is 0.122. The number of aliphatic hydroxyl groups excluding tert-OH is 12. The van der Waals surface area contributed by atoms with Gasteiger partial charge in [0.05, 0.1) is 38.6 Å². The van der Waals surface area contributed by atoms with Crippen LogP contribution in [0.25, 0.3) is 0 Å². The van der Waals surface area contributed by atoms with Gasteiger partial charge >= 0.3 is 0 Å². The highest BCUT2D eigenvalue weighted by Crippen LogP contribution is 2.35. The van der Waals surface area contributed by atoms with Gasteiger partial charge in [-0.2, -0.15) is 0 Å². The Morgan fingerprint density at radius 3 is 1.26 bits per heavy atom. The Morgan fingerprint density at radius 1 is 0.448 bits per heavy atom. The van der Waals surface area contributed by atoms with Crippen LogP contribution in [0.15, 0.2) is 0 Å². The number of ether oxygens (including phenoxy) is 6. The fourth-order valence-electron chi connectivity index (χ4n) is 12.1. The molecular formula is C65H124N2O20. The van der Waals surface area contributed by atoms with E-state index in [-0.39, 0.29) is 12.8 Å². The van der Waals surface area contributed by atoms with Crippen molar-refractivity contribution in [1.82, 2.24) is 10.6 Å². The quantitative estimate of drug-likeness (QED) is 0.0335. The van der Waals surface area contributed by atoms with Crippen LogP contribution in [0.1, 0.15) is 252 Å². The van der Waals surface area contributed by atoms with Crippen LogP contribution in [0.3, 0.4) is 0 Å². The minimum Gasteiger partial charge on any atom is -0.394 e. The predicted molar refractivity (Wildman–Crippen MR) is 329 cm³/mol. The van der Waals surface area contributed by atoms with Gasteiger partial charge in [-0.1, -0.05) is 233 Å². The Kier molecular flexibility index (Phi) is 43.1. The smallest absolute Gasteiger partial charge is 0.249 e. The van der Waals surface area contributed by atoms with Crippen molar-refractivity contribution in [1.29, 1.82) is 0 Å². The minimum atomic E-state index is -2.03. The first-order valence-corrected chi connectivity index (χ1v) is 34.3. The molecule has 0 aromatic carbocycles. The predicted octanol–water partition coefficient (Wildman–Crippen LogP) is 5.49. The zero-order valence-corrected chi connectivity index (χ0v) is 53.8. The Labute approximate surface area is 521 Å². The molecule has 0 aromatic rings. The molecule has 0 radical (unpaired) electrons. The molecule has 0 aliphatic carbocycles. The summed E-state index contributed by atoms with van der Waals surface area (Å²) in [5.41, 5.74) is 0. The highest BCUT2D eigenvalue weighted by atomic mass is 16.8. The Balaban J connectivity index is 1.68. The summed E-state index contributed by atoms with van der Waals surface area (Å²) in [5, 5.41) is 136. The molecule has 0 bridgehead atoms. The number of hydrogen-bond donors (Lipinski definition) is 14. The molecule has 514 valence electrons. The van der Waals surface area contributed by atoms with E-state index in [2.05, 4.69) is 31.4 Å². The van der Waals surface area contributed by atoms with E-state index in [0.29, 0.717) is 12.8 Å². The number of rotatable bonds is 51. The highest BCUT2D eigenvalue weighted by Gasteiger charge is 2.55. The molecule has 3 aliphatic heterocycles. The van der Waals surface area contributed by atoms with Crippen molar-refractivity contribution in [2.75, 3.05) is 26.4 Å². The Morgan fingerprint density at radius 2 is 0.828 bits per heavy atom. The summed E-state index contributed by atoms with van der Waals surface area (Å²) in [5.74, 6) is -0.836. The molecule has 3 aliphatic rings. The van der Waals surface area contributed by atoms with Gasteiger partial charge in [-0.05, 0) is 18.8 Å². The van der Waals surface area contributed by atoms with Crippen molar-refractivity contribution in [2.24, 2.45) is 5.92 Å². The zero-order chi connectivity index (χ0) is 63.9. The van der Waals surface area contributed by atoms with Crippen molar-refractivity contribution < 1.29 is 99.3 Å². The first-order chi connectivity index (χ1) is 41.9. The third-order valence-electron chi connectivity index (χ3n) is 17.7. The maximum absolute atomic E-state index is 13.8. The van der Waals surface area contributed by atoms with Gasteiger partial charge < -0.3 is 100 Å². The fraction of sp³-hybridized carbons (Fsp3) is 0.969. The molecule has 19 atom stereocenters. The van der Waals surface area contributed by atoms with E-state index >= 15 is 0 Å². The van der Waals surface area contributed by atoms with Crippen LogP contribution in [-0.2, 0) is 38.0 Å². The molecule has 0 saturated carbocycles. The average molecular weight is 1250 g/mol. The van der Waals surface area contributed by atoms with Crippen LogP contribution in [0.2, 0.25) is 0 Å². The van der Waals surface area contributed by atoms with Gasteiger partial charge in [0.1, 0.15) is 85.4 Å². The molecule has 22 heteroatoms. The second kappa shape index (κ2) is 47.2. The monoisotopic (exact) mass is 1250 g/mol. The standard InChI is InChI=1S/C65H124N2O20/c1-5-6-7-8-9-10-11-12-13-14-15-16-17-18-19-20-21-22-27-30-33-36-39-48(73)62(81)67-46(53(74)47(72)38-35-32-29-26-24-23-25-28-31-34-37-44(2)3)43-82-65-61(87-64-59(80)58(79)55(76)50(41-69)84-64)60(56(77)51(42-70)85-65)86-63-52(66-45(4)71)57(78)54(75)49(40-68)83-63/h44,46-61,63-65,68-70,72-80H,5-43H2,1-4H3,(H,66,71)(H,67,81)/t46-,47+,48+,49+,50+,51+,52+,53-,54-,55-,56-,57+,58-,59+,60-,61+,63+,64+,65-/m0/s1. The van der Waals surface area contributed by atoms with Gasteiger partial charge in [0.2, 0.25) is 11.8 Å². The summed E-state index contributed by atoms with van der Waals surface area (Å²) in [6, 6.07) is -3.01. The third-order valence-corrected chi connectivity index (χ3v) is 17.7. The highest BCUT2D eigenvalue weighted by molar-refractivity contribution is 5.80. The topological polar surface area (TPSA) is 356 Å². The summed E-state index contributed by atoms with van der Waals surface area (Å²) < 4.78 is 36.1. The summed E-state index contributed by atoms with van der Waals surface area (Å²) in [7, 11) is 0. The van der Waals surface area contributed by atoms with Crippen molar-refractivity contribution in [3.05, 3.63) is 0 Å². The number of aliphatic hydroxyl groups is 12. The summed E-state index contributed by atoms with van der Waals surface area (Å²) >= 11 is 0. The number of nitrogens with one attached hydrogen (secondary N) is 2. The summed E-state index contributed by atoms with van der Waals surface area (Å²) in [6.07, 6.45) is 9.32. The largest absolute Gasteiger partial charge is 0.394 e. The van der Waals surface area contributed by atoms with Crippen LogP contribution >= 0.6 is 0 Å². The first kappa shape index (κ1) is 79.5. The molecule has 3 heterocycles. The van der Waals surface area contributed by atoms with Gasteiger partial charge in [0.15, 0.2) is 18.9 Å². The zero-order valence-electron chi connectivity index (χ0n) is 53.8. The molecule has 2 amide bonds. The molecule has 22 nitrogen and oxygen atoms in total. The van der Waals surface area contributed by atoms with Gasteiger partial charge in [-0.25, -0.2) is 0 Å². The van der Waals surface area contributed by atoms with E-state index < -0.39 is 155 Å². The second-order valence-corrected chi connectivity index (χ2v) is 25.8. The van der Waals surface area contributed by atoms with Crippen LogP contribution in [0.5, 0.6) is 0 Å². The molecule has 0 spiro atoms. The van der Waals surface area contributed by atoms with Crippen molar-refractivity contribution in [2.45, 2.75) is 369 Å². The third kappa shape index (κ3) is 30.7. The van der Waals surface area contributed by atoms with Gasteiger partial charge in [-0.3, -0.25) is 9.59 Å². The van der Waals surface area contributed by atoms with Gasteiger partial charge in [-0.15, -0.1) is 0 Å². The molecule has 3 fully saturated rings. The second-order valence-electron chi connectivity index (χ2n) is 25.8. The van der Waals surface area contributed by atoms with E-state index in [1.54, 1.807) is 0 Å². The van der Waals surface area contributed by atoms with Crippen LogP contribution in [0.4, 0.5) is 0 Å². The van der Waals surface area contributed by atoms with Crippen molar-refractivity contribution >= 4 is 11.8 Å². The van der Waals surface area contributed by atoms with E-state index in [9.17, 15) is 70.9 Å². The van der Waals surface area contributed by atoms with Crippen LogP contribution in [-0.4, -0.2) is 216 Å². The average Bonchev–Trinajstić information content (AvgIpc) is 3.64. The van der Waals surface area contributed by atoms with E-state index in [1.165, 1.54) is 141 Å². The number of amides is 2. The van der Waals surface area contributed by atoms with Crippen molar-refractivity contribution in [3.8, 4) is 0 Å². The lowest BCUT2D eigenvalue weighted by molar-refractivity contribution is -0.387. The molecule has 87 heavy (non-hydrogen) atoms. The number of unbranched alkanes of at least 4 members (excludes halogenated alkanes) is 30. The molecular weight excluding hydrogens is 1130 g/mol. The lowest BCUT2D eigenvalue weighted by Gasteiger charge is -2.49. The van der Waals surface area contributed by atoms with Crippen molar-refractivity contribution in [3.63, 3.8) is 0 Å². The molecule has 0 unspecified atom stereocenters. The molecule has 3 rings (SSSR count). The lowest BCUT2D eigenvalue weighted by atomic mass is 9.95. The first-order valence-electron chi connectivity index (χ1n) is 34.3. The van der Waals surface area contributed by atoms with Crippen LogP contribution in [0, 0.1) is 5.92 Å². The summed E-state index contributed by atoms with van der Waals surface area (Å²) in [4.78, 5) is 26.2. The number of carbonyl (C=O) groups is 2. The van der Waals surface area contributed by atoms with E-state index in [4.69, 9.17) is 28.4 Å². The molecule has 14 N–H and O–H groups in total. The fourth-order valence-corrected chi connectivity index (χ4v) is 12.1. The Bertz CT molecular complexity index is 1710. The van der Waals surface area contributed by atoms with Gasteiger partial charge in [0, 0.05) is 6.92 Å². The summed E-state index contributed by atoms with van der Waals surface area (Å²) in [6.45, 7) is 4.56. The molecule has 0 aromatic heterocycles. The lowest BCUT2D eigenvalue weighted by Crippen LogP contribution is -2.69. The SMILES string of the molecule is CCCCCCCCCCCCCCCCCCCCCCCC[C@@H](O)C(=O)N[C@@H](CO[C@H]1O[C@H](CO)[C@H](O)[C@H](O[C@H]2O[C@H](CO)[C@H](O)[C@H](O)[C@H]2NC(C)=O)[C@H]1O[C@H]1O[C@H](CO)[C@H](O)[C@H](O)[C@H]1O)[C@H](O)[C@H](O)CCCCCCCCCCCCC(C)C. The van der Waals surface area contributed by atoms with Crippen LogP contribution < -0.4 is 10.6 Å². The van der Waals surface area contributed by atoms with E-state index in [0.717, 1.165) is 70.6 Å². The normalized spacial score (nSPS) is 29.2.